The second kappa shape index (κ2) is 11.5. The molecule has 6 rings (SSSR count). The Balaban J connectivity index is 1.23. The molecule has 3 heterocycles. The SMILES string of the molecule is CCCSc1nc(NC2CC2c2ccccc2)c2nnn([C@H]3C[C@@H](C(=O)NCc4ccncc4)[C@H](O)[C@@H]3O)c2n1. The summed E-state index contributed by atoms with van der Waals surface area (Å²) in [6, 6.07) is 13.6. The fourth-order valence-electron chi connectivity index (χ4n) is 5.32. The molecule has 2 unspecified atom stereocenters. The third-order valence-electron chi connectivity index (χ3n) is 7.60. The third kappa shape index (κ3) is 5.38. The largest absolute Gasteiger partial charge is 0.390 e. The van der Waals surface area contributed by atoms with E-state index in [1.165, 1.54) is 5.56 Å². The number of aromatic nitrogens is 6. The van der Waals surface area contributed by atoms with Gasteiger partial charge in [0.2, 0.25) is 5.91 Å². The van der Waals surface area contributed by atoms with Gasteiger partial charge < -0.3 is 20.8 Å². The standard InChI is InChI=1S/C28H32N8O3S/c1-2-12-40-28-32-25(31-20-13-18(20)17-6-4-3-5-7-17)22-26(33-28)36(35-34-22)21-14-19(23(37)24(21)38)27(39)30-15-16-8-10-29-11-9-16/h3-11,18-21,23-24,37-38H,2,12-15H2,1H3,(H,30,39)(H,31,32,33)/t18?,19-,20?,21+,23+,24-/m1/s1. The minimum atomic E-state index is -1.24. The molecule has 0 spiro atoms. The Morgan fingerprint density at radius 1 is 1.07 bits per heavy atom. The van der Waals surface area contributed by atoms with E-state index in [0.717, 1.165) is 24.2 Å². The van der Waals surface area contributed by atoms with Gasteiger partial charge in [-0.25, -0.2) is 14.6 Å². The second-order valence-electron chi connectivity index (χ2n) is 10.4. The predicted octanol–water partition coefficient (Wildman–Crippen LogP) is 2.69. The maximum absolute atomic E-state index is 13.0. The van der Waals surface area contributed by atoms with Crippen LogP contribution < -0.4 is 10.6 Å². The molecule has 4 N–H and O–H groups in total. The van der Waals surface area contributed by atoms with E-state index in [9.17, 15) is 15.0 Å². The van der Waals surface area contributed by atoms with Gasteiger partial charge in [-0.15, -0.1) is 5.10 Å². The number of aliphatic hydroxyl groups is 2. The van der Waals surface area contributed by atoms with Crippen LogP contribution in [0.25, 0.3) is 11.2 Å². The fourth-order valence-corrected chi connectivity index (χ4v) is 6.02. The average Bonchev–Trinajstić information content (AvgIpc) is 3.53. The number of nitrogens with one attached hydrogen (secondary N) is 2. The molecule has 12 heteroatoms. The van der Waals surface area contributed by atoms with Gasteiger partial charge in [0.15, 0.2) is 22.1 Å². The lowest BCUT2D eigenvalue weighted by molar-refractivity contribution is -0.129. The highest BCUT2D eigenvalue weighted by Gasteiger charge is 2.47. The third-order valence-corrected chi connectivity index (χ3v) is 8.65. The molecule has 208 valence electrons. The first-order valence-corrected chi connectivity index (χ1v) is 14.6. The Morgan fingerprint density at radius 3 is 2.65 bits per heavy atom. The van der Waals surface area contributed by atoms with Gasteiger partial charge in [-0.1, -0.05) is 54.2 Å². The highest BCUT2D eigenvalue weighted by Crippen LogP contribution is 2.43. The molecule has 11 nitrogen and oxygen atoms in total. The number of nitrogens with zero attached hydrogens (tertiary/aromatic N) is 6. The van der Waals surface area contributed by atoms with Crippen molar-refractivity contribution in [2.75, 3.05) is 11.1 Å². The van der Waals surface area contributed by atoms with Gasteiger partial charge in [0.25, 0.3) is 0 Å². The van der Waals surface area contributed by atoms with Crippen LogP contribution in [0.3, 0.4) is 0 Å². The molecule has 2 saturated carbocycles. The van der Waals surface area contributed by atoms with Crippen LogP contribution in [0.15, 0.2) is 60.0 Å². The molecule has 2 aliphatic rings. The van der Waals surface area contributed by atoms with Gasteiger partial charge in [-0.05, 0) is 42.5 Å². The number of anilines is 1. The second-order valence-corrected chi connectivity index (χ2v) is 11.4. The molecule has 0 saturated heterocycles. The number of carbonyl (C=O) groups is 1. The molecule has 0 bridgehead atoms. The van der Waals surface area contributed by atoms with Crippen molar-refractivity contribution in [3.05, 3.63) is 66.0 Å². The number of fused-ring (bicyclic) bond motifs is 1. The maximum Gasteiger partial charge on any atom is 0.226 e. The van der Waals surface area contributed by atoms with E-state index in [1.54, 1.807) is 28.8 Å². The zero-order valence-electron chi connectivity index (χ0n) is 22.1. The first-order chi connectivity index (χ1) is 19.5. The Morgan fingerprint density at radius 2 is 1.88 bits per heavy atom. The van der Waals surface area contributed by atoms with E-state index in [-0.39, 0.29) is 18.4 Å². The van der Waals surface area contributed by atoms with Crippen LogP contribution in [0, 0.1) is 5.92 Å². The number of aliphatic hydroxyl groups excluding tert-OH is 2. The van der Waals surface area contributed by atoms with Gasteiger partial charge in [-0.2, -0.15) is 0 Å². The van der Waals surface area contributed by atoms with E-state index >= 15 is 0 Å². The van der Waals surface area contributed by atoms with Crippen molar-refractivity contribution in [1.29, 1.82) is 0 Å². The van der Waals surface area contributed by atoms with E-state index < -0.39 is 24.2 Å². The summed E-state index contributed by atoms with van der Waals surface area (Å²) in [5, 5.41) is 37.6. The lowest BCUT2D eigenvalue weighted by Crippen LogP contribution is -2.38. The minimum Gasteiger partial charge on any atom is -0.390 e. The maximum atomic E-state index is 13.0. The number of pyridine rings is 1. The van der Waals surface area contributed by atoms with Gasteiger partial charge in [0.05, 0.1) is 18.1 Å². The summed E-state index contributed by atoms with van der Waals surface area (Å²) in [6.45, 7) is 2.41. The van der Waals surface area contributed by atoms with Crippen LogP contribution in [0.4, 0.5) is 5.82 Å². The van der Waals surface area contributed by atoms with E-state index in [0.29, 0.717) is 34.6 Å². The summed E-state index contributed by atoms with van der Waals surface area (Å²) in [6.07, 6.45) is 3.03. The lowest BCUT2D eigenvalue weighted by atomic mass is 10.0. The topological polar surface area (TPSA) is 151 Å². The van der Waals surface area contributed by atoms with E-state index in [2.05, 4.69) is 45.0 Å². The molecule has 4 aromatic rings. The highest BCUT2D eigenvalue weighted by atomic mass is 32.2. The lowest BCUT2D eigenvalue weighted by Gasteiger charge is -2.17. The number of thioether (sulfide) groups is 1. The van der Waals surface area contributed by atoms with Crippen molar-refractivity contribution in [1.82, 2.24) is 35.3 Å². The molecule has 3 aromatic heterocycles. The van der Waals surface area contributed by atoms with Crippen molar-refractivity contribution in [2.45, 2.75) is 68.1 Å². The van der Waals surface area contributed by atoms with E-state index in [4.69, 9.17) is 9.97 Å². The number of rotatable bonds is 10. The highest BCUT2D eigenvalue weighted by molar-refractivity contribution is 7.99. The number of benzene rings is 1. The summed E-state index contributed by atoms with van der Waals surface area (Å²) < 4.78 is 1.55. The summed E-state index contributed by atoms with van der Waals surface area (Å²) in [7, 11) is 0. The van der Waals surface area contributed by atoms with Crippen LogP contribution in [0.1, 0.15) is 49.3 Å². The van der Waals surface area contributed by atoms with Crippen molar-refractivity contribution in [3.8, 4) is 0 Å². The first-order valence-electron chi connectivity index (χ1n) is 13.6. The van der Waals surface area contributed by atoms with Crippen LogP contribution in [-0.2, 0) is 11.3 Å². The van der Waals surface area contributed by atoms with Crippen LogP contribution in [-0.4, -0.2) is 70.1 Å². The molecular weight excluding hydrogens is 528 g/mol. The number of amides is 1. The quantitative estimate of drug-likeness (QED) is 0.168. The van der Waals surface area contributed by atoms with Crippen molar-refractivity contribution in [3.63, 3.8) is 0 Å². The molecule has 1 aromatic carbocycles. The van der Waals surface area contributed by atoms with Gasteiger partial charge in [-0.3, -0.25) is 9.78 Å². The first kappa shape index (κ1) is 26.6. The zero-order valence-corrected chi connectivity index (χ0v) is 22.9. The Hall–Kier alpha value is -3.61. The van der Waals surface area contributed by atoms with Crippen molar-refractivity contribution in [2.24, 2.45) is 5.92 Å². The van der Waals surface area contributed by atoms with Crippen LogP contribution in [0.2, 0.25) is 0 Å². The molecular formula is C28H32N8O3S. The van der Waals surface area contributed by atoms with Gasteiger partial charge >= 0.3 is 0 Å². The smallest absolute Gasteiger partial charge is 0.226 e. The Kier molecular flexibility index (Phi) is 7.63. The molecule has 2 aliphatic carbocycles. The molecule has 2 fully saturated rings. The molecule has 1 amide bonds. The van der Waals surface area contributed by atoms with Crippen molar-refractivity contribution >= 4 is 34.7 Å². The van der Waals surface area contributed by atoms with Crippen LogP contribution in [0.5, 0.6) is 0 Å². The fraction of sp³-hybridized carbons (Fsp3) is 0.429. The molecule has 0 radical (unpaired) electrons. The summed E-state index contributed by atoms with van der Waals surface area (Å²) in [5.41, 5.74) is 3.16. The molecule has 40 heavy (non-hydrogen) atoms. The normalized spacial score (nSPS) is 25.7. The predicted molar refractivity (Wildman–Crippen MR) is 151 cm³/mol. The Bertz CT molecular complexity index is 1470. The number of hydrogen-bond donors (Lipinski definition) is 4. The summed E-state index contributed by atoms with van der Waals surface area (Å²) in [4.78, 5) is 26.5. The van der Waals surface area contributed by atoms with Crippen LogP contribution >= 0.6 is 11.8 Å². The number of hydrogen-bond acceptors (Lipinski definition) is 10. The number of carbonyl (C=O) groups excluding carboxylic acids is 1. The van der Waals surface area contributed by atoms with Gasteiger partial charge in [0, 0.05) is 36.7 Å². The average molecular weight is 561 g/mol. The van der Waals surface area contributed by atoms with Gasteiger partial charge in [0.1, 0.15) is 6.10 Å². The van der Waals surface area contributed by atoms with E-state index in [1.807, 2.05) is 30.3 Å². The van der Waals surface area contributed by atoms with Crippen molar-refractivity contribution < 1.29 is 15.0 Å². The Labute approximate surface area is 235 Å². The monoisotopic (exact) mass is 560 g/mol. The summed E-state index contributed by atoms with van der Waals surface area (Å²) in [5.74, 6) is 0.733. The molecule has 0 aliphatic heterocycles. The zero-order chi connectivity index (χ0) is 27.6. The molecule has 6 atom stereocenters. The summed E-state index contributed by atoms with van der Waals surface area (Å²) >= 11 is 1.55. The minimum absolute atomic E-state index is 0.200.